The van der Waals surface area contributed by atoms with E-state index in [2.05, 4.69) is 29.1 Å². The molecule has 1 aliphatic rings. The van der Waals surface area contributed by atoms with Gasteiger partial charge in [0.05, 0.1) is 28.8 Å². The number of nitrogens with zero attached hydrogens (tertiary/aromatic N) is 2. The molecule has 1 fully saturated rings. The van der Waals surface area contributed by atoms with Gasteiger partial charge in [0, 0.05) is 11.9 Å². The van der Waals surface area contributed by atoms with Crippen LogP contribution in [0.5, 0.6) is 0 Å². The van der Waals surface area contributed by atoms with Crippen molar-refractivity contribution in [2.45, 2.75) is 45.6 Å². The summed E-state index contributed by atoms with van der Waals surface area (Å²) in [4.78, 5) is 17.0. The van der Waals surface area contributed by atoms with Crippen molar-refractivity contribution in [3.05, 3.63) is 51.4 Å². The number of rotatable bonds is 6. The van der Waals surface area contributed by atoms with Crippen LogP contribution in [-0.2, 0) is 16.3 Å². The van der Waals surface area contributed by atoms with Gasteiger partial charge < -0.3 is 0 Å². The summed E-state index contributed by atoms with van der Waals surface area (Å²) in [5, 5.41) is 3.01. The summed E-state index contributed by atoms with van der Waals surface area (Å²) >= 11 is 0. The van der Waals surface area contributed by atoms with E-state index in [1.165, 1.54) is 23.1 Å². The standard InChI is InChI=1S/C19H25N3O3S/c1-3-4-5-15-6-8-16(9-7-15)20-12-18-14(2)21-22(19(18)23)17-10-11-26(24,25)13-17/h6-9,12,17,21H,3-5,10-11,13H2,1-2H3/t17-/m0/s1. The molecule has 0 aliphatic carbocycles. The van der Waals surface area contributed by atoms with Crippen LogP contribution in [0.1, 0.15) is 49.0 Å². The summed E-state index contributed by atoms with van der Waals surface area (Å²) in [5.74, 6) is 0.151. The predicted octanol–water partition coefficient (Wildman–Crippen LogP) is 2.94. The van der Waals surface area contributed by atoms with Gasteiger partial charge in [-0.15, -0.1) is 0 Å². The third-order valence-electron chi connectivity index (χ3n) is 4.81. The van der Waals surface area contributed by atoms with Gasteiger partial charge in [-0.3, -0.25) is 14.9 Å². The molecule has 0 amide bonds. The van der Waals surface area contributed by atoms with Gasteiger partial charge in [0.25, 0.3) is 5.56 Å². The Hall–Kier alpha value is -2.15. The number of aliphatic imine (C=N–C) groups is 1. The van der Waals surface area contributed by atoms with Crippen molar-refractivity contribution in [2.75, 3.05) is 11.5 Å². The van der Waals surface area contributed by atoms with Crippen LogP contribution in [0.25, 0.3) is 0 Å². The predicted molar refractivity (Wildman–Crippen MR) is 104 cm³/mol. The fraction of sp³-hybridized carbons (Fsp3) is 0.474. The highest BCUT2D eigenvalue weighted by atomic mass is 32.2. The van der Waals surface area contributed by atoms with Crippen molar-refractivity contribution in [1.82, 2.24) is 9.78 Å². The van der Waals surface area contributed by atoms with Gasteiger partial charge >= 0.3 is 0 Å². The van der Waals surface area contributed by atoms with Gasteiger partial charge in [-0.1, -0.05) is 25.5 Å². The number of H-pyrrole nitrogens is 1. The molecule has 0 unspecified atom stereocenters. The Labute approximate surface area is 153 Å². The van der Waals surface area contributed by atoms with E-state index in [9.17, 15) is 13.2 Å². The topological polar surface area (TPSA) is 84.3 Å². The normalized spacial score (nSPS) is 19.4. The minimum atomic E-state index is -3.04. The van der Waals surface area contributed by atoms with Crippen LogP contribution in [0, 0.1) is 6.92 Å². The lowest BCUT2D eigenvalue weighted by molar-refractivity contribution is 0.483. The zero-order valence-electron chi connectivity index (χ0n) is 15.2. The van der Waals surface area contributed by atoms with Gasteiger partial charge in [0.1, 0.15) is 0 Å². The van der Waals surface area contributed by atoms with Crippen molar-refractivity contribution in [3.8, 4) is 0 Å². The minimum absolute atomic E-state index is 0.0165. The van der Waals surface area contributed by atoms with E-state index in [1.807, 2.05) is 12.1 Å². The van der Waals surface area contributed by atoms with Crippen molar-refractivity contribution < 1.29 is 8.42 Å². The maximum atomic E-state index is 12.6. The molecule has 1 aliphatic heterocycles. The fourth-order valence-electron chi connectivity index (χ4n) is 3.24. The summed E-state index contributed by atoms with van der Waals surface area (Å²) < 4.78 is 24.8. The molecule has 1 aromatic heterocycles. The van der Waals surface area contributed by atoms with E-state index in [-0.39, 0.29) is 23.1 Å². The van der Waals surface area contributed by atoms with E-state index in [0.29, 0.717) is 17.7 Å². The van der Waals surface area contributed by atoms with Crippen molar-refractivity contribution in [3.63, 3.8) is 0 Å². The van der Waals surface area contributed by atoms with E-state index in [0.717, 1.165) is 12.1 Å². The van der Waals surface area contributed by atoms with Crippen LogP contribution in [0.4, 0.5) is 5.69 Å². The molecule has 2 aromatic rings. The highest BCUT2D eigenvalue weighted by Gasteiger charge is 2.31. The molecule has 1 N–H and O–H groups in total. The second-order valence-electron chi connectivity index (χ2n) is 6.91. The molecule has 3 rings (SSSR count). The first-order valence-electron chi connectivity index (χ1n) is 9.04. The van der Waals surface area contributed by atoms with Gasteiger partial charge in [0.15, 0.2) is 9.84 Å². The zero-order chi connectivity index (χ0) is 18.7. The van der Waals surface area contributed by atoms with E-state index in [1.54, 1.807) is 13.1 Å². The molecule has 1 saturated heterocycles. The lowest BCUT2D eigenvalue weighted by Crippen LogP contribution is -2.25. The molecule has 6 nitrogen and oxygen atoms in total. The Morgan fingerprint density at radius 2 is 2.04 bits per heavy atom. The Morgan fingerprint density at radius 3 is 2.65 bits per heavy atom. The van der Waals surface area contributed by atoms with Gasteiger partial charge in [-0.2, -0.15) is 0 Å². The molecular weight excluding hydrogens is 350 g/mol. The second kappa shape index (κ2) is 7.61. The quantitative estimate of drug-likeness (QED) is 0.788. The molecule has 0 saturated carbocycles. The van der Waals surface area contributed by atoms with Crippen molar-refractivity contribution in [1.29, 1.82) is 0 Å². The lowest BCUT2D eigenvalue weighted by atomic mass is 10.1. The summed E-state index contributed by atoms with van der Waals surface area (Å²) in [5.41, 5.74) is 3.04. The monoisotopic (exact) mass is 375 g/mol. The molecular formula is C19H25N3O3S. The number of hydrogen-bond acceptors (Lipinski definition) is 4. The van der Waals surface area contributed by atoms with Crippen LogP contribution in [0.2, 0.25) is 0 Å². The Morgan fingerprint density at radius 1 is 1.31 bits per heavy atom. The molecule has 0 radical (unpaired) electrons. The van der Waals surface area contributed by atoms with Gasteiger partial charge in [-0.25, -0.2) is 13.1 Å². The number of benzene rings is 1. The van der Waals surface area contributed by atoms with Crippen LogP contribution >= 0.6 is 0 Å². The highest BCUT2D eigenvalue weighted by molar-refractivity contribution is 7.91. The molecule has 0 bridgehead atoms. The van der Waals surface area contributed by atoms with E-state index in [4.69, 9.17) is 0 Å². The maximum absolute atomic E-state index is 12.6. The zero-order valence-corrected chi connectivity index (χ0v) is 16.1. The van der Waals surface area contributed by atoms with Crippen LogP contribution in [0.15, 0.2) is 34.1 Å². The molecule has 1 aromatic carbocycles. The Kier molecular flexibility index (Phi) is 5.46. The lowest BCUT2D eigenvalue weighted by Gasteiger charge is -2.07. The number of sulfone groups is 1. The summed E-state index contributed by atoms with van der Waals surface area (Å²) in [6.45, 7) is 3.97. The van der Waals surface area contributed by atoms with Gasteiger partial charge in [-0.05, 0) is 43.9 Å². The molecule has 7 heteroatoms. The SMILES string of the molecule is CCCCc1ccc(N=Cc2c(C)[nH]n([C@H]3CCS(=O)(=O)C3)c2=O)cc1. The average Bonchev–Trinajstić information content (AvgIpc) is 3.11. The molecule has 1 atom stereocenters. The van der Waals surface area contributed by atoms with Crippen molar-refractivity contribution >= 4 is 21.7 Å². The Bertz CT molecular complexity index is 953. The second-order valence-corrected chi connectivity index (χ2v) is 9.14. The summed E-state index contributed by atoms with van der Waals surface area (Å²) in [6, 6.07) is 7.71. The number of aromatic amines is 1. The maximum Gasteiger partial charge on any atom is 0.275 e. The number of aromatic nitrogens is 2. The van der Waals surface area contributed by atoms with Crippen molar-refractivity contribution in [2.24, 2.45) is 4.99 Å². The summed E-state index contributed by atoms with van der Waals surface area (Å²) in [6.07, 6.45) is 5.43. The number of hydrogen-bond donors (Lipinski definition) is 1. The first-order chi connectivity index (χ1) is 12.4. The number of aryl methyl sites for hydroxylation is 2. The first kappa shape index (κ1) is 18.6. The highest BCUT2D eigenvalue weighted by Crippen LogP contribution is 2.22. The number of unbranched alkanes of at least 4 members (excludes halogenated alkanes) is 1. The molecule has 26 heavy (non-hydrogen) atoms. The third kappa shape index (κ3) is 4.15. The van der Waals surface area contributed by atoms with Gasteiger partial charge in [0.2, 0.25) is 0 Å². The summed E-state index contributed by atoms with van der Waals surface area (Å²) in [7, 11) is -3.04. The molecule has 140 valence electrons. The van der Waals surface area contributed by atoms with E-state index >= 15 is 0 Å². The first-order valence-corrected chi connectivity index (χ1v) is 10.9. The smallest absolute Gasteiger partial charge is 0.275 e. The molecule has 2 heterocycles. The molecule has 0 spiro atoms. The third-order valence-corrected chi connectivity index (χ3v) is 6.56. The largest absolute Gasteiger partial charge is 0.299 e. The van der Waals surface area contributed by atoms with Crippen LogP contribution in [0.3, 0.4) is 0 Å². The van der Waals surface area contributed by atoms with Crippen LogP contribution < -0.4 is 5.56 Å². The Balaban J connectivity index is 1.78. The van der Waals surface area contributed by atoms with Crippen LogP contribution in [-0.4, -0.2) is 35.9 Å². The average molecular weight is 375 g/mol. The number of nitrogens with one attached hydrogen (secondary N) is 1. The fourth-order valence-corrected chi connectivity index (χ4v) is 4.94. The van der Waals surface area contributed by atoms with E-state index < -0.39 is 9.84 Å². The minimum Gasteiger partial charge on any atom is -0.299 e.